The van der Waals surface area contributed by atoms with Gasteiger partial charge in [0.25, 0.3) is 5.56 Å². The van der Waals surface area contributed by atoms with Crippen LogP contribution in [0.5, 0.6) is 5.75 Å². The smallest absolute Gasteiger partial charge is 0.338 e. The number of aromatic nitrogens is 1. The summed E-state index contributed by atoms with van der Waals surface area (Å²) in [5.74, 6) is 0.496. The summed E-state index contributed by atoms with van der Waals surface area (Å²) >= 11 is 2.81. The van der Waals surface area contributed by atoms with Crippen molar-refractivity contribution >= 4 is 34.7 Å². The number of carbonyl (C=O) groups excluding carboxylic acids is 1. The molecule has 0 spiro atoms. The lowest BCUT2D eigenvalue weighted by Crippen LogP contribution is -2.39. The maximum absolute atomic E-state index is 13.6. The molecule has 8 heteroatoms. The van der Waals surface area contributed by atoms with Crippen molar-refractivity contribution in [3.63, 3.8) is 0 Å². The molecule has 3 aromatic rings. The number of fused-ring (bicyclic) bond motifs is 1. The summed E-state index contributed by atoms with van der Waals surface area (Å²) in [7, 11) is 0. The summed E-state index contributed by atoms with van der Waals surface area (Å²) in [5, 5.41) is 1.94. The summed E-state index contributed by atoms with van der Waals surface area (Å²) < 4.78 is 13.4. The highest BCUT2D eigenvalue weighted by Gasteiger charge is 2.34. The second-order valence-corrected chi connectivity index (χ2v) is 10.0. The van der Waals surface area contributed by atoms with E-state index in [-0.39, 0.29) is 11.5 Å². The van der Waals surface area contributed by atoms with E-state index in [9.17, 15) is 9.59 Å². The van der Waals surface area contributed by atoms with Crippen molar-refractivity contribution in [1.29, 1.82) is 0 Å². The molecule has 1 atom stereocenters. The van der Waals surface area contributed by atoms with Gasteiger partial charge in [0, 0.05) is 10.4 Å². The van der Waals surface area contributed by atoms with Crippen molar-refractivity contribution in [1.82, 2.24) is 4.57 Å². The van der Waals surface area contributed by atoms with Gasteiger partial charge >= 0.3 is 5.97 Å². The molecule has 0 N–H and O–H groups in total. The average Bonchev–Trinajstić information content (AvgIpc) is 3.41. The fourth-order valence-corrected chi connectivity index (χ4v) is 5.51. The third-order valence-corrected chi connectivity index (χ3v) is 7.02. The number of rotatable bonds is 7. The number of para-hydroxylation sites is 1. The quantitative estimate of drug-likeness (QED) is 0.479. The lowest BCUT2D eigenvalue weighted by Gasteiger charge is -2.23. The highest BCUT2D eigenvalue weighted by molar-refractivity contribution is 7.10. The van der Waals surface area contributed by atoms with Crippen molar-refractivity contribution in [2.45, 2.75) is 33.7 Å². The number of thiophene rings is 1. The summed E-state index contributed by atoms with van der Waals surface area (Å²) in [6.45, 7) is 8.54. The zero-order chi connectivity index (χ0) is 23.5. The first-order valence-corrected chi connectivity index (χ1v) is 12.5. The van der Waals surface area contributed by atoms with Crippen molar-refractivity contribution in [3.05, 3.63) is 83.2 Å². The second-order valence-electron chi connectivity index (χ2n) is 8.06. The Hall–Kier alpha value is -2.97. The first kappa shape index (κ1) is 23.2. The molecule has 0 aliphatic carbocycles. The lowest BCUT2D eigenvalue weighted by molar-refractivity contribution is -0.140. The third-order valence-electron chi connectivity index (χ3n) is 5.11. The molecule has 0 bridgehead atoms. The first-order valence-electron chi connectivity index (χ1n) is 10.9. The Morgan fingerprint density at radius 2 is 2.03 bits per heavy atom. The molecule has 0 unspecified atom stereocenters. The summed E-state index contributed by atoms with van der Waals surface area (Å²) in [4.78, 5) is 32.8. The topological polar surface area (TPSA) is 69.9 Å². The van der Waals surface area contributed by atoms with Crippen molar-refractivity contribution in [2.24, 2.45) is 10.9 Å². The monoisotopic (exact) mass is 482 g/mol. The van der Waals surface area contributed by atoms with E-state index in [4.69, 9.17) is 9.47 Å². The van der Waals surface area contributed by atoms with Gasteiger partial charge in [0.1, 0.15) is 11.8 Å². The van der Waals surface area contributed by atoms with Crippen LogP contribution in [0.1, 0.15) is 44.2 Å². The number of carbonyl (C=O) groups is 1. The number of nitrogens with zero attached hydrogens (tertiary/aromatic N) is 2. The van der Waals surface area contributed by atoms with Gasteiger partial charge in [-0.3, -0.25) is 9.36 Å². The van der Waals surface area contributed by atoms with Crippen LogP contribution in [0, 0.1) is 5.92 Å². The Morgan fingerprint density at radius 3 is 2.73 bits per heavy atom. The first-order chi connectivity index (χ1) is 15.9. The largest absolute Gasteiger partial charge is 0.493 e. The van der Waals surface area contributed by atoms with Gasteiger partial charge in [-0.1, -0.05) is 49.4 Å². The Bertz CT molecular complexity index is 1360. The van der Waals surface area contributed by atoms with Gasteiger partial charge in [-0.05, 0) is 43.4 Å². The van der Waals surface area contributed by atoms with Crippen LogP contribution in [0.3, 0.4) is 0 Å². The van der Waals surface area contributed by atoms with Crippen LogP contribution < -0.4 is 19.6 Å². The molecule has 6 nitrogen and oxygen atoms in total. The predicted octanol–water partition coefficient (Wildman–Crippen LogP) is 3.89. The standard InChI is InChI=1S/C25H26N2O4S2/c1-5-30-18-10-7-6-9-17(18)13-20-23(28)27-22(19-11-8-12-32-19)21(16(4)26-25(27)33-20)24(29)31-14-15(2)3/h6-13,15,22H,5,14H2,1-4H3/b20-13+/t22-/m1/s1. The molecule has 1 aromatic carbocycles. The molecule has 0 radical (unpaired) electrons. The van der Waals surface area contributed by atoms with Crippen LogP contribution in [0.25, 0.3) is 6.08 Å². The number of esters is 1. The summed E-state index contributed by atoms with van der Waals surface area (Å²) in [5.41, 5.74) is 1.62. The maximum Gasteiger partial charge on any atom is 0.338 e. The zero-order valence-electron chi connectivity index (χ0n) is 19.0. The van der Waals surface area contributed by atoms with E-state index in [0.717, 1.165) is 16.2 Å². The molecule has 0 amide bonds. The summed E-state index contributed by atoms with van der Waals surface area (Å²) in [6, 6.07) is 10.9. The molecule has 1 aliphatic heterocycles. The van der Waals surface area contributed by atoms with Gasteiger partial charge in [-0.15, -0.1) is 11.3 Å². The van der Waals surface area contributed by atoms with Gasteiger partial charge in [-0.2, -0.15) is 0 Å². The van der Waals surface area contributed by atoms with Crippen LogP contribution in [0.4, 0.5) is 0 Å². The number of hydrogen-bond donors (Lipinski definition) is 0. The fraction of sp³-hybridized carbons (Fsp3) is 0.320. The molecule has 2 aromatic heterocycles. The highest BCUT2D eigenvalue weighted by Crippen LogP contribution is 2.33. The molecule has 172 valence electrons. The molecule has 4 rings (SSSR count). The van der Waals surface area contributed by atoms with Gasteiger partial charge in [0.2, 0.25) is 0 Å². The van der Waals surface area contributed by atoms with Crippen LogP contribution in [0.15, 0.2) is 62.8 Å². The molecule has 33 heavy (non-hydrogen) atoms. The van der Waals surface area contributed by atoms with E-state index in [0.29, 0.717) is 33.8 Å². The minimum atomic E-state index is -0.565. The van der Waals surface area contributed by atoms with Crippen LogP contribution >= 0.6 is 22.7 Å². The predicted molar refractivity (Wildman–Crippen MR) is 131 cm³/mol. The normalized spacial score (nSPS) is 16.0. The molecule has 0 saturated heterocycles. The number of hydrogen-bond acceptors (Lipinski definition) is 7. The van der Waals surface area contributed by atoms with Gasteiger partial charge in [0.05, 0.1) is 29.0 Å². The Labute approximate surface area is 200 Å². The van der Waals surface area contributed by atoms with Crippen molar-refractivity contribution in [2.75, 3.05) is 13.2 Å². The van der Waals surface area contributed by atoms with E-state index in [2.05, 4.69) is 4.99 Å². The van der Waals surface area contributed by atoms with E-state index in [1.807, 2.05) is 68.6 Å². The second kappa shape index (κ2) is 9.89. The van der Waals surface area contributed by atoms with Crippen LogP contribution in [-0.2, 0) is 9.53 Å². The van der Waals surface area contributed by atoms with Crippen molar-refractivity contribution < 1.29 is 14.3 Å². The minimum absolute atomic E-state index is 0.190. The third kappa shape index (κ3) is 4.72. The van der Waals surface area contributed by atoms with Crippen LogP contribution in [-0.4, -0.2) is 23.8 Å². The van der Waals surface area contributed by atoms with Crippen LogP contribution in [0.2, 0.25) is 0 Å². The zero-order valence-corrected chi connectivity index (χ0v) is 20.7. The minimum Gasteiger partial charge on any atom is -0.493 e. The van der Waals surface area contributed by atoms with Gasteiger partial charge in [-0.25, -0.2) is 9.79 Å². The summed E-state index contributed by atoms with van der Waals surface area (Å²) in [6.07, 6.45) is 1.83. The Morgan fingerprint density at radius 1 is 1.24 bits per heavy atom. The highest BCUT2D eigenvalue weighted by atomic mass is 32.1. The molecule has 1 aliphatic rings. The number of ether oxygens (including phenoxy) is 2. The fourth-order valence-electron chi connectivity index (χ4n) is 3.65. The molecule has 3 heterocycles. The van der Waals surface area contributed by atoms with E-state index in [1.165, 1.54) is 22.7 Å². The van der Waals surface area contributed by atoms with Gasteiger partial charge < -0.3 is 9.47 Å². The average molecular weight is 483 g/mol. The maximum atomic E-state index is 13.6. The van der Waals surface area contributed by atoms with E-state index in [1.54, 1.807) is 11.5 Å². The number of thiazole rings is 1. The van der Waals surface area contributed by atoms with E-state index >= 15 is 0 Å². The molecular formula is C25H26N2O4S2. The van der Waals surface area contributed by atoms with E-state index < -0.39 is 12.0 Å². The Balaban J connectivity index is 1.87. The molecular weight excluding hydrogens is 456 g/mol. The molecule has 0 fully saturated rings. The van der Waals surface area contributed by atoms with Gasteiger partial charge in [0.15, 0.2) is 4.80 Å². The van der Waals surface area contributed by atoms with Crippen molar-refractivity contribution in [3.8, 4) is 5.75 Å². The SMILES string of the molecule is CCOc1ccccc1/C=c1/sc2n(c1=O)[C@H](c1cccs1)C(C(=O)OCC(C)C)=C(C)N=2. The molecule has 0 saturated carbocycles. The number of benzene rings is 1. The number of allylic oxidation sites excluding steroid dienone is 1. The lowest BCUT2D eigenvalue weighted by atomic mass is 10.0. The Kier molecular flexibility index (Phi) is 6.95.